The highest BCUT2D eigenvalue weighted by Gasteiger charge is 2.36. The van der Waals surface area contributed by atoms with Crippen LogP contribution in [0, 0.1) is 0 Å². The molecule has 0 aromatic heterocycles. The van der Waals surface area contributed by atoms with E-state index >= 15 is 0 Å². The van der Waals surface area contributed by atoms with Gasteiger partial charge in [-0.25, -0.2) is 0 Å². The van der Waals surface area contributed by atoms with Gasteiger partial charge in [-0.1, -0.05) is 24.3 Å². The Morgan fingerprint density at radius 1 is 1.04 bits per heavy atom. The molecule has 1 atom stereocenters. The van der Waals surface area contributed by atoms with E-state index in [0.29, 0.717) is 30.0 Å². The molecule has 0 unspecified atom stereocenters. The second kappa shape index (κ2) is 6.47. The van der Waals surface area contributed by atoms with E-state index in [1.54, 1.807) is 23.1 Å². The van der Waals surface area contributed by atoms with Crippen molar-refractivity contribution in [1.29, 1.82) is 0 Å². The van der Waals surface area contributed by atoms with Crippen LogP contribution < -0.4 is 14.8 Å². The van der Waals surface area contributed by atoms with Gasteiger partial charge in [-0.2, -0.15) is 0 Å². The summed E-state index contributed by atoms with van der Waals surface area (Å²) in [5, 5.41) is 2.88. The lowest BCUT2D eigenvalue weighted by atomic mass is 10.1. The maximum atomic E-state index is 13.0. The largest absolute Gasteiger partial charge is 0.454 e. The molecule has 0 aliphatic carbocycles. The maximum absolute atomic E-state index is 13.0. The highest BCUT2D eigenvalue weighted by atomic mass is 16.7. The maximum Gasteiger partial charge on any atom is 0.258 e. The van der Waals surface area contributed by atoms with Crippen LogP contribution in [0.1, 0.15) is 23.2 Å². The van der Waals surface area contributed by atoms with Crippen molar-refractivity contribution in [1.82, 2.24) is 4.90 Å². The molecule has 2 amide bonds. The van der Waals surface area contributed by atoms with Crippen molar-refractivity contribution in [3.63, 3.8) is 0 Å². The predicted octanol–water partition coefficient (Wildman–Crippen LogP) is 2.66. The molecule has 4 rings (SSSR count). The third-order valence-corrected chi connectivity index (χ3v) is 4.48. The van der Waals surface area contributed by atoms with Gasteiger partial charge in [0.2, 0.25) is 12.7 Å². The van der Waals surface area contributed by atoms with Gasteiger partial charge in [-0.3, -0.25) is 9.59 Å². The molecule has 128 valence electrons. The fraction of sp³-hybridized carbons (Fsp3) is 0.263. The van der Waals surface area contributed by atoms with E-state index in [-0.39, 0.29) is 18.6 Å². The van der Waals surface area contributed by atoms with E-state index in [4.69, 9.17) is 9.47 Å². The lowest BCUT2D eigenvalue weighted by molar-refractivity contribution is -0.119. The Kier molecular flexibility index (Phi) is 4.01. The topological polar surface area (TPSA) is 67.9 Å². The average Bonchev–Trinajstić information content (AvgIpc) is 3.31. The van der Waals surface area contributed by atoms with Crippen molar-refractivity contribution < 1.29 is 19.1 Å². The zero-order chi connectivity index (χ0) is 17.2. The van der Waals surface area contributed by atoms with Crippen LogP contribution in [0.2, 0.25) is 0 Å². The van der Waals surface area contributed by atoms with Gasteiger partial charge in [0.25, 0.3) is 5.91 Å². The molecule has 0 bridgehead atoms. The minimum Gasteiger partial charge on any atom is -0.454 e. The van der Waals surface area contributed by atoms with Crippen molar-refractivity contribution in [2.45, 2.75) is 18.9 Å². The van der Waals surface area contributed by atoms with Crippen molar-refractivity contribution in [2.75, 3.05) is 18.7 Å². The molecule has 0 radical (unpaired) electrons. The first-order valence-electron chi connectivity index (χ1n) is 8.29. The fourth-order valence-electron chi connectivity index (χ4n) is 3.28. The minimum absolute atomic E-state index is 0.109. The van der Waals surface area contributed by atoms with E-state index in [9.17, 15) is 9.59 Å². The first kappa shape index (κ1) is 15.5. The number of hydrogen-bond acceptors (Lipinski definition) is 4. The molecule has 2 heterocycles. The number of fused-ring (bicyclic) bond motifs is 1. The zero-order valence-corrected chi connectivity index (χ0v) is 13.6. The number of likely N-dealkylation sites (tertiary alicyclic amines) is 1. The number of carbonyl (C=O) groups excluding carboxylic acids is 2. The van der Waals surface area contributed by atoms with E-state index in [2.05, 4.69) is 5.32 Å². The lowest BCUT2D eigenvalue weighted by Crippen LogP contribution is -2.43. The number of amides is 2. The van der Waals surface area contributed by atoms with Crippen molar-refractivity contribution in [3.05, 3.63) is 54.1 Å². The molecule has 1 fully saturated rings. The summed E-state index contributed by atoms with van der Waals surface area (Å²) in [5.74, 6) is 0.659. The van der Waals surface area contributed by atoms with Gasteiger partial charge in [-0.05, 0) is 37.1 Å². The summed E-state index contributed by atoms with van der Waals surface area (Å²) < 4.78 is 10.8. The minimum atomic E-state index is -0.481. The Hall–Kier alpha value is -3.02. The number of anilines is 1. The number of para-hydroxylation sites is 2. The SMILES string of the molecule is O=C(Nc1ccccc1)[C@@H]1CCCN1C(=O)c1cccc2c1OCO2. The molecule has 1 saturated heterocycles. The molecule has 0 saturated carbocycles. The summed E-state index contributed by atoms with van der Waals surface area (Å²) in [6.45, 7) is 0.660. The molecule has 6 heteroatoms. The average molecular weight is 338 g/mol. The van der Waals surface area contributed by atoms with E-state index < -0.39 is 6.04 Å². The first-order valence-corrected chi connectivity index (χ1v) is 8.29. The first-order chi connectivity index (χ1) is 12.2. The monoisotopic (exact) mass is 338 g/mol. The Morgan fingerprint density at radius 2 is 1.88 bits per heavy atom. The molecule has 6 nitrogen and oxygen atoms in total. The van der Waals surface area contributed by atoms with Gasteiger partial charge in [0.1, 0.15) is 6.04 Å². The Bertz CT molecular complexity index is 806. The number of ether oxygens (including phenoxy) is 2. The Morgan fingerprint density at radius 3 is 2.72 bits per heavy atom. The third kappa shape index (κ3) is 2.91. The number of carbonyl (C=O) groups is 2. The predicted molar refractivity (Wildman–Crippen MR) is 91.7 cm³/mol. The van der Waals surface area contributed by atoms with Gasteiger partial charge >= 0.3 is 0 Å². The van der Waals surface area contributed by atoms with Crippen LogP contribution in [0.25, 0.3) is 0 Å². The fourth-order valence-corrected chi connectivity index (χ4v) is 3.28. The van der Waals surface area contributed by atoms with Crippen LogP contribution in [0.4, 0.5) is 5.69 Å². The van der Waals surface area contributed by atoms with Crippen LogP contribution in [0.15, 0.2) is 48.5 Å². The van der Waals surface area contributed by atoms with Crippen molar-refractivity contribution in [2.24, 2.45) is 0 Å². The summed E-state index contributed by atoms with van der Waals surface area (Å²) in [7, 11) is 0. The standard InChI is InChI=1S/C19H18N2O4/c22-18(20-13-6-2-1-3-7-13)15-9-5-11-21(15)19(23)14-8-4-10-16-17(14)25-12-24-16/h1-4,6-8,10,15H,5,9,11-12H2,(H,20,22)/t15-/m0/s1. The van der Waals surface area contributed by atoms with Gasteiger partial charge in [0.15, 0.2) is 11.5 Å². The molecule has 0 spiro atoms. The summed E-state index contributed by atoms with van der Waals surface area (Å²) in [6, 6.07) is 14.0. The van der Waals surface area contributed by atoms with E-state index in [1.807, 2.05) is 30.3 Å². The third-order valence-electron chi connectivity index (χ3n) is 4.48. The molecule has 2 aromatic rings. The van der Waals surface area contributed by atoms with Crippen LogP contribution in [-0.4, -0.2) is 36.1 Å². The second-order valence-electron chi connectivity index (χ2n) is 6.05. The van der Waals surface area contributed by atoms with E-state index in [0.717, 1.165) is 12.1 Å². The van der Waals surface area contributed by atoms with Gasteiger partial charge in [0.05, 0.1) is 5.56 Å². The van der Waals surface area contributed by atoms with Gasteiger partial charge in [-0.15, -0.1) is 0 Å². The number of nitrogens with zero attached hydrogens (tertiary/aromatic N) is 1. The summed E-state index contributed by atoms with van der Waals surface area (Å²) in [6.07, 6.45) is 1.45. The summed E-state index contributed by atoms with van der Waals surface area (Å²) >= 11 is 0. The van der Waals surface area contributed by atoms with Crippen LogP contribution in [0.5, 0.6) is 11.5 Å². The van der Waals surface area contributed by atoms with Gasteiger partial charge in [0, 0.05) is 12.2 Å². The van der Waals surface area contributed by atoms with E-state index in [1.165, 1.54) is 0 Å². The number of benzene rings is 2. The number of rotatable bonds is 3. The quantitative estimate of drug-likeness (QED) is 0.934. The smallest absolute Gasteiger partial charge is 0.258 e. The Balaban J connectivity index is 1.54. The molecule has 2 aliphatic rings. The number of nitrogens with one attached hydrogen (secondary N) is 1. The second-order valence-corrected chi connectivity index (χ2v) is 6.05. The molecular formula is C19H18N2O4. The van der Waals surface area contributed by atoms with Crippen LogP contribution >= 0.6 is 0 Å². The van der Waals surface area contributed by atoms with Crippen LogP contribution in [0.3, 0.4) is 0 Å². The van der Waals surface area contributed by atoms with Crippen molar-refractivity contribution >= 4 is 17.5 Å². The highest BCUT2D eigenvalue weighted by Crippen LogP contribution is 2.36. The molecular weight excluding hydrogens is 320 g/mol. The van der Waals surface area contributed by atoms with Crippen molar-refractivity contribution in [3.8, 4) is 11.5 Å². The normalized spacial score (nSPS) is 18.2. The summed E-state index contributed by atoms with van der Waals surface area (Å²) in [4.78, 5) is 27.2. The molecule has 2 aliphatic heterocycles. The van der Waals surface area contributed by atoms with Gasteiger partial charge < -0.3 is 19.7 Å². The molecule has 25 heavy (non-hydrogen) atoms. The zero-order valence-electron chi connectivity index (χ0n) is 13.6. The highest BCUT2D eigenvalue weighted by molar-refractivity contribution is 6.03. The Labute approximate surface area is 145 Å². The number of hydrogen-bond donors (Lipinski definition) is 1. The summed E-state index contributed by atoms with van der Waals surface area (Å²) in [5.41, 5.74) is 1.17. The molecule has 1 N–H and O–H groups in total. The van der Waals surface area contributed by atoms with Crippen LogP contribution in [-0.2, 0) is 4.79 Å². The molecule has 2 aromatic carbocycles. The lowest BCUT2D eigenvalue weighted by Gasteiger charge is -2.24.